The molecule has 22 heavy (non-hydrogen) atoms. The van der Waals surface area contributed by atoms with Gasteiger partial charge in [-0.1, -0.05) is 19.1 Å². The third-order valence-electron chi connectivity index (χ3n) is 3.73. The number of benzene rings is 1. The van der Waals surface area contributed by atoms with E-state index in [2.05, 4.69) is 12.2 Å². The van der Waals surface area contributed by atoms with Gasteiger partial charge in [-0.05, 0) is 30.7 Å². The van der Waals surface area contributed by atoms with E-state index >= 15 is 0 Å². The molecule has 6 heteroatoms. The summed E-state index contributed by atoms with van der Waals surface area (Å²) in [6.45, 7) is 3.96. The van der Waals surface area contributed by atoms with Crippen molar-refractivity contribution in [3.63, 3.8) is 0 Å². The molecule has 1 aromatic carbocycles. The van der Waals surface area contributed by atoms with E-state index in [1.165, 1.54) is 0 Å². The second-order valence-corrected chi connectivity index (χ2v) is 6.73. The van der Waals surface area contributed by atoms with Gasteiger partial charge in [0.2, 0.25) is 5.91 Å². The number of primary amides is 1. The van der Waals surface area contributed by atoms with Crippen molar-refractivity contribution in [3.8, 4) is 0 Å². The molecule has 1 aromatic rings. The molecule has 0 atom stereocenters. The third kappa shape index (κ3) is 4.74. The van der Waals surface area contributed by atoms with E-state index in [4.69, 9.17) is 5.73 Å². The van der Waals surface area contributed by atoms with Gasteiger partial charge in [0, 0.05) is 24.0 Å². The van der Waals surface area contributed by atoms with Crippen LogP contribution in [0, 0.1) is 0 Å². The van der Waals surface area contributed by atoms with E-state index in [0.717, 1.165) is 42.1 Å². The average molecular weight is 321 g/mol. The molecule has 0 bridgehead atoms. The van der Waals surface area contributed by atoms with Crippen LogP contribution in [-0.2, 0) is 4.79 Å². The van der Waals surface area contributed by atoms with Crippen LogP contribution < -0.4 is 11.1 Å². The number of nitrogens with two attached hydrogens (primary N) is 1. The van der Waals surface area contributed by atoms with E-state index in [9.17, 15) is 9.59 Å². The highest BCUT2D eigenvalue weighted by Gasteiger charge is 2.22. The maximum absolute atomic E-state index is 12.5. The van der Waals surface area contributed by atoms with Crippen molar-refractivity contribution in [1.29, 1.82) is 0 Å². The van der Waals surface area contributed by atoms with Gasteiger partial charge in [-0.15, -0.1) is 11.8 Å². The minimum absolute atomic E-state index is 0.00935. The van der Waals surface area contributed by atoms with Gasteiger partial charge in [-0.25, -0.2) is 0 Å². The maximum Gasteiger partial charge on any atom is 0.252 e. The van der Waals surface area contributed by atoms with Crippen molar-refractivity contribution in [2.24, 2.45) is 5.73 Å². The summed E-state index contributed by atoms with van der Waals surface area (Å²) in [4.78, 5) is 26.4. The second-order valence-electron chi connectivity index (χ2n) is 5.42. The zero-order valence-corrected chi connectivity index (χ0v) is 13.7. The predicted molar refractivity (Wildman–Crippen MR) is 89.0 cm³/mol. The number of piperidine rings is 1. The molecule has 0 aliphatic carbocycles. The summed E-state index contributed by atoms with van der Waals surface area (Å²) in [7, 11) is 0. The number of hydrogen-bond donors (Lipinski definition) is 2. The van der Waals surface area contributed by atoms with Crippen LogP contribution in [0.25, 0.3) is 0 Å². The first kappa shape index (κ1) is 16.8. The fourth-order valence-corrected chi connectivity index (χ4v) is 3.46. The lowest BCUT2D eigenvalue weighted by atomic mass is 10.0. The molecule has 1 heterocycles. The van der Waals surface area contributed by atoms with Gasteiger partial charge in [0.25, 0.3) is 5.91 Å². The molecule has 0 spiro atoms. The van der Waals surface area contributed by atoms with Crippen LogP contribution in [0.5, 0.6) is 0 Å². The second kappa shape index (κ2) is 8.19. The lowest BCUT2D eigenvalue weighted by molar-refractivity contribution is -0.119. The first-order valence-corrected chi connectivity index (χ1v) is 8.62. The quantitative estimate of drug-likeness (QED) is 0.778. The average Bonchev–Trinajstić information content (AvgIpc) is 2.49. The predicted octanol–water partition coefficient (Wildman–Crippen LogP) is 1.48. The Kier molecular flexibility index (Phi) is 6.27. The zero-order chi connectivity index (χ0) is 15.9. The van der Waals surface area contributed by atoms with Gasteiger partial charge in [-0.2, -0.15) is 0 Å². The summed E-state index contributed by atoms with van der Waals surface area (Å²) >= 11 is 1.68. The molecule has 5 nitrogen and oxygen atoms in total. The number of likely N-dealkylation sites (tertiary alicyclic amines) is 1. The first-order valence-electron chi connectivity index (χ1n) is 7.63. The smallest absolute Gasteiger partial charge is 0.252 e. The Morgan fingerprint density at radius 2 is 2.00 bits per heavy atom. The molecule has 2 rings (SSSR count). The Morgan fingerprint density at radius 1 is 1.32 bits per heavy atom. The van der Waals surface area contributed by atoms with Crippen molar-refractivity contribution >= 4 is 23.6 Å². The van der Waals surface area contributed by atoms with Crippen molar-refractivity contribution in [2.45, 2.75) is 30.7 Å². The number of nitrogens with zero attached hydrogens (tertiary/aromatic N) is 1. The number of carbonyl (C=O) groups is 2. The summed E-state index contributed by atoms with van der Waals surface area (Å²) in [5.74, 6) is 0.633. The molecule has 1 aliphatic rings. The maximum atomic E-state index is 12.5. The first-order chi connectivity index (χ1) is 10.6. The molecule has 0 radical (unpaired) electrons. The Bertz CT molecular complexity index is 528. The van der Waals surface area contributed by atoms with Crippen molar-refractivity contribution in [2.75, 3.05) is 25.4 Å². The zero-order valence-electron chi connectivity index (χ0n) is 12.9. The lowest BCUT2D eigenvalue weighted by Crippen LogP contribution is -2.46. The fourth-order valence-electron chi connectivity index (χ4n) is 2.65. The number of rotatable bonds is 6. The van der Waals surface area contributed by atoms with Crippen LogP contribution in [0.2, 0.25) is 0 Å². The van der Waals surface area contributed by atoms with Crippen LogP contribution in [-0.4, -0.2) is 48.1 Å². The Balaban J connectivity index is 1.89. The monoisotopic (exact) mass is 321 g/mol. The van der Waals surface area contributed by atoms with Gasteiger partial charge < -0.3 is 11.1 Å². The summed E-state index contributed by atoms with van der Waals surface area (Å²) < 4.78 is 0. The highest BCUT2D eigenvalue weighted by atomic mass is 32.2. The molecule has 0 unspecified atom stereocenters. The van der Waals surface area contributed by atoms with Gasteiger partial charge >= 0.3 is 0 Å². The highest BCUT2D eigenvalue weighted by molar-refractivity contribution is 7.99. The fraction of sp³-hybridized carbons (Fsp3) is 0.500. The van der Waals surface area contributed by atoms with E-state index < -0.39 is 0 Å². The number of thioether (sulfide) groups is 1. The summed E-state index contributed by atoms with van der Waals surface area (Å²) in [5, 5.41) is 3.11. The lowest BCUT2D eigenvalue weighted by Gasteiger charge is -2.31. The number of hydrogen-bond acceptors (Lipinski definition) is 4. The molecule has 3 N–H and O–H groups in total. The largest absolute Gasteiger partial charge is 0.369 e. The van der Waals surface area contributed by atoms with E-state index in [1.807, 2.05) is 29.2 Å². The Morgan fingerprint density at radius 3 is 2.64 bits per heavy atom. The van der Waals surface area contributed by atoms with Gasteiger partial charge in [-0.3, -0.25) is 14.5 Å². The Hall–Kier alpha value is -1.53. The molecule has 1 fully saturated rings. The highest BCUT2D eigenvalue weighted by Crippen LogP contribution is 2.22. The Labute approximate surface area is 135 Å². The summed E-state index contributed by atoms with van der Waals surface area (Å²) in [5.41, 5.74) is 5.95. The molecule has 2 amide bonds. The van der Waals surface area contributed by atoms with E-state index in [0.29, 0.717) is 6.54 Å². The number of carbonyl (C=O) groups excluding carboxylic acids is 2. The van der Waals surface area contributed by atoms with Crippen LogP contribution >= 0.6 is 11.8 Å². The van der Waals surface area contributed by atoms with Crippen LogP contribution in [0.4, 0.5) is 0 Å². The molecule has 0 aromatic heterocycles. The molecular formula is C16H23N3O2S. The van der Waals surface area contributed by atoms with E-state index in [-0.39, 0.29) is 17.9 Å². The molecular weight excluding hydrogens is 298 g/mol. The van der Waals surface area contributed by atoms with Crippen LogP contribution in [0.1, 0.15) is 30.1 Å². The van der Waals surface area contributed by atoms with Crippen molar-refractivity contribution < 1.29 is 9.59 Å². The van der Waals surface area contributed by atoms with Crippen molar-refractivity contribution in [1.82, 2.24) is 10.2 Å². The van der Waals surface area contributed by atoms with Gasteiger partial charge in [0.05, 0.1) is 12.1 Å². The van der Waals surface area contributed by atoms with Crippen LogP contribution in [0.3, 0.4) is 0 Å². The summed E-state index contributed by atoms with van der Waals surface area (Å²) in [6.07, 6.45) is 1.70. The topological polar surface area (TPSA) is 75.4 Å². The van der Waals surface area contributed by atoms with E-state index in [1.54, 1.807) is 11.8 Å². The third-order valence-corrected chi connectivity index (χ3v) is 4.69. The minimum Gasteiger partial charge on any atom is -0.369 e. The summed E-state index contributed by atoms with van der Waals surface area (Å²) in [6, 6.07) is 7.87. The number of amides is 2. The van der Waals surface area contributed by atoms with Crippen LogP contribution in [0.15, 0.2) is 29.2 Å². The standard InChI is InChI=1S/C16H23N3O2S/c1-2-22-14-6-4-3-5-13(14)16(21)18-12-7-9-19(10-8-12)11-15(17)20/h3-6,12H,2,7-11H2,1H3,(H2,17,20)(H,18,21). The van der Waals surface area contributed by atoms with Crippen molar-refractivity contribution in [3.05, 3.63) is 29.8 Å². The molecule has 0 saturated carbocycles. The molecule has 1 aliphatic heterocycles. The molecule has 120 valence electrons. The van der Waals surface area contributed by atoms with Gasteiger partial charge in [0.1, 0.15) is 0 Å². The number of nitrogens with one attached hydrogen (secondary N) is 1. The normalized spacial score (nSPS) is 16.4. The minimum atomic E-state index is -0.298. The molecule has 1 saturated heterocycles. The SMILES string of the molecule is CCSc1ccccc1C(=O)NC1CCN(CC(N)=O)CC1. The van der Waals surface area contributed by atoms with Gasteiger partial charge in [0.15, 0.2) is 0 Å².